The maximum Gasteiger partial charge on any atom is 0.240 e. The molecule has 1 atom stereocenters. The average molecular weight is 284 g/mol. The molecule has 2 rings (SSSR count). The molecule has 1 saturated heterocycles. The minimum Gasteiger partial charge on any atom is -0.393 e. The van der Waals surface area contributed by atoms with Gasteiger partial charge in [0.25, 0.3) is 0 Å². The zero-order chi connectivity index (χ0) is 14.0. The summed E-state index contributed by atoms with van der Waals surface area (Å²) in [6.45, 7) is 3.28. The van der Waals surface area contributed by atoms with Gasteiger partial charge in [0, 0.05) is 13.1 Å². The van der Waals surface area contributed by atoms with Crippen LogP contribution in [0, 0.1) is 5.92 Å². The molecule has 1 aromatic rings. The smallest absolute Gasteiger partial charge is 0.240 e. The van der Waals surface area contributed by atoms with E-state index >= 15 is 0 Å². The zero-order valence-corrected chi connectivity index (χ0v) is 11.8. The van der Waals surface area contributed by atoms with Crippen LogP contribution in [-0.2, 0) is 10.0 Å². The Labute approximate surface area is 114 Å². The Balaban J connectivity index is 2.21. The summed E-state index contributed by atoms with van der Waals surface area (Å²) in [6, 6.07) is 6.80. The second kappa shape index (κ2) is 5.48. The number of anilines is 1. The van der Waals surface area contributed by atoms with Crippen molar-refractivity contribution in [2.45, 2.75) is 30.8 Å². The monoisotopic (exact) mass is 284 g/mol. The first kappa shape index (κ1) is 14.3. The Morgan fingerprint density at radius 1 is 1.32 bits per heavy atom. The first-order valence-electron chi connectivity index (χ1n) is 6.44. The number of sulfonamides is 1. The van der Waals surface area contributed by atoms with E-state index < -0.39 is 10.0 Å². The van der Waals surface area contributed by atoms with E-state index in [1.807, 2.05) is 11.0 Å². The van der Waals surface area contributed by atoms with E-state index in [1.165, 1.54) is 6.07 Å². The lowest BCUT2D eigenvalue weighted by molar-refractivity contribution is 0.110. The topological polar surface area (TPSA) is 83.6 Å². The van der Waals surface area contributed by atoms with Crippen LogP contribution in [0.2, 0.25) is 0 Å². The van der Waals surface area contributed by atoms with Gasteiger partial charge in [-0.2, -0.15) is 0 Å². The minimum atomic E-state index is -3.70. The van der Waals surface area contributed by atoms with Crippen molar-refractivity contribution in [2.24, 2.45) is 11.1 Å². The van der Waals surface area contributed by atoms with Gasteiger partial charge in [-0.15, -0.1) is 0 Å². The van der Waals surface area contributed by atoms with Gasteiger partial charge in [-0.1, -0.05) is 12.1 Å². The maximum atomic E-state index is 11.6. The third kappa shape index (κ3) is 3.26. The molecule has 1 heterocycles. The molecule has 1 aromatic carbocycles. The van der Waals surface area contributed by atoms with Gasteiger partial charge in [0.1, 0.15) is 4.90 Å². The standard InChI is InChI=1S/C13H20N2O3S/c1-10(16)11-6-8-15(9-7-11)12-4-2-3-5-13(12)19(14,17)18/h2-5,10-11,16H,6-9H2,1H3,(H2,14,17,18). The summed E-state index contributed by atoms with van der Waals surface area (Å²) in [5.74, 6) is 0.290. The molecule has 19 heavy (non-hydrogen) atoms. The fraction of sp³-hybridized carbons (Fsp3) is 0.538. The summed E-state index contributed by atoms with van der Waals surface area (Å²) in [7, 11) is -3.70. The molecular formula is C13H20N2O3S. The summed E-state index contributed by atoms with van der Waals surface area (Å²) >= 11 is 0. The maximum absolute atomic E-state index is 11.6. The SMILES string of the molecule is CC(O)C1CCN(c2ccccc2S(N)(=O)=O)CC1. The Kier molecular flexibility index (Phi) is 4.13. The molecule has 0 aliphatic carbocycles. The van der Waals surface area contributed by atoms with E-state index in [0.29, 0.717) is 5.69 Å². The van der Waals surface area contributed by atoms with Crippen molar-refractivity contribution in [2.75, 3.05) is 18.0 Å². The first-order chi connectivity index (χ1) is 8.89. The van der Waals surface area contributed by atoms with Crippen LogP contribution in [0.5, 0.6) is 0 Å². The number of hydrogen-bond donors (Lipinski definition) is 2. The largest absolute Gasteiger partial charge is 0.393 e. The number of aliphatic hydroxyl groups is 1. The van der Waals surface area contributed by atoms with E-state index in [9.17, 15) is 13.5 Å². The number of rotatable bonds is 3. The molecule has 0 spiro atoms. The molecule has 5 nitrogen and oxygen atoms in total. The van der Waals surface area contributed by atoms with Crippen molar-refractivity contribution >= 4 is 15.7 Å². The number of piperidine rings is 1. The van der Waals surface area contributed by atoms with Crippen molar-refractivity contribution in [1.29, 1.82) is 0 Å². The van der Waals surface area contributed by atoms with E-state index in [2.05, 4.69) is 0 Å². The molecule has 0 amide bonds. The third-order valence-electron chi connectivity index (χ3n) is 3.73. The number of hydrogen-bond acceptors (Lipinski definition) is 4. The Bertz CT molecular complexity index is 535. The van der Waals surface area contributed by atoms with Gasteiger partial charge in [-0.25, -0.2) is 13.6 Å². The molecule has 0 radical (unpaired) electrons. The summed E-state index contributed by atoms with van der Waals surface area (Å²) < 4.78 is 23.2. The van der Waals surface area contributed by atoms with Crippen molar-refractivity contribution in [1.82, 2.24) is 0 Å². The van der Waals surface area contributed by atoms with Gasteiger partial charge in [-0.05, 0) is 37.8 Å². The molecule has 0 saturated carbocycles. The van der Waals surface area contributed by atoms with Crippen molar-refractivity contribution in [3.8, 4) is 0 Å². The Hall–Kier alpha value is -1.11. The molecule has 106 valence electrons. The lowest BCUT2D eigenvalue weighted by atomic mass is 9.92. The van der Waals surface area contributed by atoms with Crippen LogP contribution in [0.25, 0.3) is 0 Å². The van der Waals surface area contributed by atoms with Gasteiger partial charge in [0.2, 0.25) is 10.0 Å². The highest BCUT2D eigenvalue weighted by Gasteiger charge is 2.25. The summed E-state index contributed by atoms with van der Waals surface area (Å²) in [5, 5.41) is 14.8. The highest BCUT2D eigenvalue weighted by Crippen LogP contribution is 2.29. The lowest BCUT2D eigenvalue weighted by Gasteiger charge is -2.35. The van der Waals surface area contributed by atoms with Crippen LogP contribution in [-0.4, -0.2) is 32.7 Å². The van der Waals surface area contributed by atoms with E-state index in [1.54, 1.807) is 19.1 Å². The van der Waals surface area contributed by atoms with Crippen LogP contribution >= 0.6 is 0 Å². The highest BCUT2D eigenvalue weighted by atomic mass is 32.2. The second-order valence-electron chi connectivity index (χ2n) is 5.08. The number of nitrogens with zero attached hydrogens (tertiary/aromatic N) is 1. The molecule has 1 unspecified atom stereocenters. The van der Waals surface area contributed by atoms with Crippen LogP contribution in [0.1, 0.15) is 19.8 Å². The molecular weight excluding hydrogens is 264 g/mol. The molecule has 3 N–H and O–H groups in total. The number of benzene rings is 1. The molecule has 1 aliphatic rings. The van der Waals surface area contributed by atoms with Crippen LogP contribution in [0.4, 0.5) is 5.69 Å². The number of primary sulfonamides is 1. The molecule has 0 bridgehead atoms. The van der Waals surface area contributed by atoms with Gasteiger partial charge < -0.3 is 10.0 Å². The van der Waals surface area contributed by atoms with E-state index in [4.69, 9.17) is 5.14 Å². The second-order valence-corrected chi connectivity index (χ2v) is 6.61. The lowest BCUT2D eigenvalue weighted by Crippen LogP contribution is -2.37. The van der Waals surface area contributed by atoms with Crippen molar-refractivity contribution in [3.05, 3.63) is 24.3 Å². The minimum absolute atomic E-state index is 0.172. The third-order valence-corrected chi connectivity index (χ3v) is 4.69. The molecule has 0 aromatic heterocycles. The molecule has 1 aliphatic heterocycles. The van der Waals surface area contributed by atoms with E-state index in [-0.39, 0.29) is 16.9 Å². The number of para-hydroxylation sites is 1. The fourth-order valence-corrected chi connectivity index (χ4v) is 3.34. The summed E-state index contributed by atoms with van der Waals surface area (Å²) in [4.78, 5) is 2.20. The van der Waals surface area contributed by atoms with Gasteiger partial charge >= 0.3 is 0 Å². The van der Waals surface area contributed by atoms with Crippen LogP contribution in [0.15, 0.2) is 29.2 Å². The summed E-state index contributed by atoms with van der Waals surface area (Å²) in [5.41, 5.74) is 0.661. The molecule has 1 fully saturated rings. The van der Waals surface area contributed by atoms with Crippen LogP contribution < -0.4 is 10.0 Å². The zero-order valence-electron chi connectivity index (χ0n) is 11.0. The van der Waals surface area contributed by atoms with Gasteiger partial charge in [0.15, 0.2) is 0 Å². The van der Waals surface area contributed by atoms with Crippen LogP contribution in [0.3, 0.4) is 0 Å². The van der Waals surface area contributed by atoms with Gasteiger partial charge in [-0.3, -0.25) is 0 Å². The van der Waals surface area contributed by atoms with Crippen molar-refractivity contribution in [3.63, 3.8) is 0 Å². The quantitative estimate of drug-likeness (QED) is 0.865. The summed E-state index contributed by atoms with van der Waals surface area (Å²) in [6.07, 6.45) is 1.41. The highest BCUT2D eigenvalue weighted by molar-refractivity contribution is 7.89. The van der Waals surface area contributed by atoms with Crippen molar-refractivity contribution < 1.29 is 13.5 Å². The Morgan fingerprint density at radius 2 is 1.89 bits per heavy atom. The first-order valence-corrected chi connectivity index (χ1v) is 7.99. The normalized spacial score (nSPS) is 19.4. The number of aliphatic hydroxyl groups excluding tert-OH is 1. The predicted molar refractivity (Wildman–Crippen MR) is 74.4 cm³/mol. The van der Waals surface area contributed by atoms with Gasteiger partial charge in [0.05, 0.1) is 11.8 Å². The van der Waals surface area contributed by atoms with E-state index in [0.717, 1.165) is 25.9 Å². The fourth-order valence-electron chi connectivity index (χ4n) is 2.58. The average Bonchev–Trinajstić information content (AvgIpc) is 2.38. The predicted octanol–water partition coefficient (Wildman–Crippen LogP) is 0.931. The Morgan fingerprint density at radius 3 is 2.42 bits per heavy atom. The number of nitrogens with two attached hydrogens (primary N) is 1. The molecule has 6 heteroatoms.